The number of hydrogen-bond acceptors (Lipinski definition) is 5. The molecule has 2 amide bonds. The van der Waals surface area contributed by atoms with E-state index in [4.69, 9.17) is 0 Å². The first kappa shape index (κ1) is 23.3. The number of nitrogens with zero attached hydrogens (tertiary/aromatic N) is 4. The minimum Gasteiger partial charge on any atom is -0.389 e. The van der Waals surface area contributed by atoms with Gasteiger partial charge in [0.2, 0.25) is 11.8 Å². The van der Waals surface area contributed by atoms with E-state index < -0.39 is 11.6 Å². The molecule has 0 unspecified atom stereocenters. The van der Waals surface area contributed by atoms with Crippen molar-refractivity contribution in [3.05, 3.63) is 24.0 Å². The first-order valence-corrected chi connectivity index (χ1v) is 11.5. The average molecular weight is 432 g/mol. The summed E-state index contributed by atoms with van der Waals surface area (Å²) in [7, 11) is 1.97. The van der Waals surface area contributed by atoms with Crippen LogP contribution in [0.3, 0.4) is 0 Å². The molecule has 1 aromatic rings. The second-order valence-electron chi connectivity index (χ2n) is 9.57. The summed E-state index contributed by atoms with van der Waals surface area (Å²) in [6, 6.07) is 1.20. The molecule has 0 aromatic carbocycles. The van der Waals surface area contributed by atoms with E-state index in [-0.39, 0.29) is 11.8 Å². The fourth-order valence-corrected chi connectivity index (χ4v) is 4.46. The standard InChI is InChI=1S/C23H37N5O3/c1-5-26(4)18-14-21(29)28(15-18)19(13-17-9-7-6-8-10-17)22(30)24-20-11-12-27(25-20)16-23(2,3)31/h11-12,14,17,19,31H,5-10,13,15-16H2,1-4H3,(H,24,25,30)/t19-/m0/s1. The van der Waals surface area contributed by atoms with E-state index in [2.05, 4.69) is 10.4 Å². The maximum absolute atomic E-state index is 13.3. The number of carbonyl (C=O) groups is 2. The normalized spacial score (nSPS) is 18.8. The molecule has 2 aliphatic rings. The predicted octanol–water partition coefficient (Wildman–Crippen LogP) is 2.61. The zero-order chi connectivity index (χ0) is 22.6. The minimum atomic E-state index is -0.897. The van der Waals surface area contributed by atoms with E-state index >= 15 is 0 Å². The summed E-state index contributed by atoms with van der Waals surface area (Å²) in [6.45, 7) is 7.07. The summed E-state index contributed by atoms with van der Waals surface area (Å²) in [6.07, 6.45) is 9.93. The molecule has 0 saturated heterocycles. The molecule has 8 nitrogen and oxygen atoms in total. The Morgan fingerprint density at radius 3 is 2.71 bits per heavy atom. The van der Waals surface area contributed by atoms with Crippen LogP contribution in [0.5, 0.6) is 0 Å². The molecule has 8 heteroatoms. The molecule has 1 fully saturated rings. The third-order valence-corrected chi connectivity index (χ3v) is 6.27. The Hall–Kier alpha value is -2.35. The molecule has 3 rings (SSSR count). The third kappa shape index (κ3) is 6.32. The van der Waals surface area contributed by atoms with E-state index in [0.717, 1.165) is 25.1 Å². The summed E-state index contributed by atoms with van der Waals surface area (Å²) in [4.78, 5) is 29.9. The first-order chi connectivity index (χ1) is 14.7. The Morgan fingerprint density at radius 1 is 1.35 bits per heavy atom. The average Bonchev–Trinajstić information content (AvgIpc) is 3.31. The monoisotopic (exact) mass is 431 g/mol. The zero-order valence-corrected chi connectivity index (χ0v) is 19.3. The van der Waals surface area contributed by atoms with Crippen LogP contribution in [-0.4, -0.2) is 68.3 Å². The fraction of sp³-hybridized carbons (Fsp3) is 0.696. The lowest BCUT2D eigenvalue weighted by Gasteiger charge is -2.32. The van der Waals surface area contributed by atoms with E-state index in [1.807, 2.05) is 18.9 Å². The molecular formula is C23H37N5O3. The number of carbonyl (C=O) groups excluding carboxylic acids is 2. The quantitative estimate of drug-likeness (QED) is 0.627. The molecule has 172 valence electrons. The van der Waals surface area contributed by atoms with Crippen molar-refractivity contribution in [3.8, 4) is 0 Å². The van der Waals surface area contributed by atoms with Crippen molar-refractivity contribution >= 4 is 17.6 Å². The maximum Gasteiger partial charge on any atom is 0.249 e. The molecule has 2 heterocycles. The summed E-state index contributed by atoms with van der Waals surface area (Å²) in [5.74, 6) is 0.603. The van der Waals surface area contributed by atoms with Gasteiger partial charge >= 0.3 is 0 Å². The van der Waals surface area contributed by atoms with Gasteiger partial charge in [-0.2, -0.15) is 5.10 Å². The van der Waals surface area contributed by atoms with Crippen molar-refractivity contribution in [3.63, 3.8) is 0 Å². The minimum absolute atomic E-state index is 0.0983. The van der Waals surface area contributed by atoms with E-state index in [1.54, 1.807) is 41.8 Å². The van der Waals surface area contributed by atoms with Crippen LogP contribution in [0.4, 0.5) is 5.82 Å². The van der Waals surface area contributed by atoms with E-state index in [0.29, 0.717) is 31.2 Å². The van der Waals surface area contributed by atoms with Gasteiger partial charge in [0.25, 0.3) is 0 Å². The first-order valence-electron chi connectivity index (χ1n) is 11.5. The number of nitrogens with one attached hydrogen (secondary N) is 1. The van der Waals surface area contributed by atoms with Gasteiger partial charge in [-0.3, -0.25) is 14.3 Å². The van der Waals surface area contributed by atoms with Crippen LogP contribution in [0.2, 0.25) is 0 Å². The summed E-state index contributed by atoms with van der Waals surface area (Å²) < 4.78 is 1.61. The highest BCUT2D eigenvalue weighted by molar-refractivity contribution is 5.99. The smallest absolute Gasteiger partial charge is 0.249 e. The lowest BCUT2D eigenvalue weighted by atomic mass is 9.84. The maximum atomic E-state index is 13.3. The summed E-state index contributed by atoms with van der Waals surface area (Å²) in [5, 5.41) is 17.3. The van der Waals surface area contributed by atoms with Crippen molar-refractivity contribution in [2.24, 2.45) is 5.92 Å². The van der Waals surface area contributed by atoms with Gasteiger partial charge in [-0.1, -0.05) is 32.1 Å². The van der Waals surface area contributed by atoms with Crippen LogP contribution >= 0.6 is 0 Å². The van der Waals surface area contributed by atoms with Gasteiger partial charge in [0.15, 0.2) is 5.82 Å². The van der Waals surface area contributed by atoms with Crippen molar-refractivity contribution < 1.29 is 14.7 Å². The Balaban J connectivity index is 1.73. The highest BCUT2D eigenvalue weighted by atomic mass is 16.3. The van der Waals surface area contributed by atoms with E-state index in [1.165, 1.54) is 19.3 Å². The number of aliphatic hydroxyl groups is 1. The van der Waals surface area contributed by atoms with Gasteiger partial charge in [-0.25, -0.2) is 0 Å². The van der Waals surface area contributed by atoms with Crippen LogP contribution in [0.25, 0.3) is 0 Å². The molecule has 0 bridgehead atoms. The zero-order valence-electron chi connectivity index (χ0n) is 19.3. The number of aromatic nitrogens is 2. The van der Waals surface area contributed by atoms with Crippen LogP contribution in [0.1, 0.15) is 59.3 Å². The van der Waals surface area contributed by atoms with Crippen LogP contribution in [0.15, 0.2) is 24.0 Å². The van der Waals surface area contributed by atoms with Crippen molar-refractivity contribution in [2.45, 2.75) is 77.5 Å². The molecule has 31 heavy (non-hydrogen) atoms. The Morgan fingerprint density at radius 2 is 2.06 bits per heavy atom. The molecule has 1 saturated carbocycles. The van der Waals surface area contributed by atoms with Gasteiger partial charge in [0, 0.05) is 37.6 Å². The topological polar surface area (TPSA) is 90.7 Å². The van der Waals surface area contributed by atoms with Gasteiger partial charge in [0.1, 0.15) is 6.04 Å². The summed E-state index contributed by atoms with van der Waals surface area (Å²) >= 11 is 0. The third-order valence-electron chi connectivity index (χ3n) is 6.27. The lowest BCUT2D eigenvalue weighted by molar-refractivity contribution is -0.134. The van der Waals surface area contributed by atoms with Crippen molar-refractivity contribution in [1.29, 1.82) is 0 Å². The summed E-state index contributed by atoms with van der Waals surface area (Å²) in [5.41, 5.74) is 0.0509. The molecule has 1 aromatic heterocycles. The molecule has 1 atom stereocenters. The largest absolute Gasteiger partial charge is 0.389 e. The molecule has 2 N–H and O–H groups in total. The van der Waals surface area contributed by atoms with Crippen LogP contribution in [0, 0.1) is 5.92 Å². The SMILES string of the molecule is CCN(C)C1=CC(=O)N([C@@H](CC2CCCCC2)C(=O)Nc2ccn(CC(C)(C)O)n2)C1. The Kier molecular flexibility index (Phi) is 7.41. The molecule has 1 aliphatic carbocycles. The second kappa shape index (κ2) is 9.85. The molecule has 1 aliphatic heterocycles. The predicted molar refractivity (Wildman–Crippen MR) is 120 cm³/mol. The lowest BCUT2D eigenvalue weighted by Crippen LogP contribution is -2.47. The number of anilines is 1. The van der Waals surface area contributed by atoms with Crippen LogP contribution < -0.4 is 5.32 Å². The Labute approximate surface area is 185 Å². The van der Waals surface area contributed by atoms with E-state index in [9.17, 15) is 14.7 Å². The fourth-order valence-electron chi connectivity index (χ4n) is 4.46. The molecule has 0 radical (unpaired) electrons. The van der Waals surface area contributed by atoms with Gasteiger partial charge in [0.05, 0.1) is 18.7 Å². The van der Waals surface area contributed by atoms with Crippen LogP contribution in [-0.2, 0) is 16.1 Å². The second-order valence-corrected chi connectivity index (χ2v) is 9.57. The molecular weight excluding hydrogens is 394 g/mol. The number of likely N-dealkylation sites (N-methyl/N-ethyl adjacent to an activating group) is 1. The number of amides is 2. The van der Waals surface area contributed by atoms with Gasteiger partial charge in [-0.15, -0.1) is 0 Å². The Bertz CT molecular complexity index is 804. The highest BCUT2D eigenvalue weighted by Crippen LogP contribution is 2.30. The van der Waals surface area contributed by atoms with Crippen molar-refractivity contribution in [2.75, 3.05) is 25.5 Å². The number of hydrogen-bond donors (Lipinski definition) is 2. The van der Waals surface area contributed by atoms with Crippen molar-refractivity contribution in [1.82, 2.24) is 19.6 Å². The molecule has 0 spiro atoms. The number of rotatable bonds is 9. The van der Waals surface area contributed by atoms with Gasteiger partial charge < -0.3 is 20.2 Å². The highest BCUT2D eigenvalue weighted by Gasteiger charge is 2.36. The van der Waals surface area contributed by atoms with Gasteiger partial charge in [-0.05, 0) is 33.1 Å².